The molecule has 2 heterocycles. The number of benzene rings is 1. The maximum Gasteiger partial charge on any atom is 0.329 e. The van der Waals surface area contributed by atoms with Crippen molar-refractivity contribution in [3.05, 3.63) is 30.1 Å². The van der Waals surface area contributed by atoms with Crippen molar-refractivity contribution in [1.29, 1.82) is 0 Å². The van der Waals surface area contributed by atoms with Crippen molar-refractivity contribution >= 4 is 22.9 Å². The third-order valence-corrected chi connectivity index (χ3v) is 4.38. The number of nitrogens with zero attached hydrogens (tertiary/aromatic N) is 2. The lowest BCUT2D eigenvalue weighted by Gasteiger charge is -2.34. The van der Waals surface area contributed by atoms with E-state index in [1.165, 1.54) is 4.90 Å². The Bertz CT molecular complexity index is 709. The zero-order valence-corrected chi connectivity index (χ0v) is 11.8. The molecule has 110 valence electrons. The van der Waals surface area contributed by atoms with Crippen molar-refractivity contribution in [3.8, 4) is 0 Å². The van der Waals surface area contributed by atoms with Gasteiger partial charge in [-0.1, -0.05) is 6.92 Å². The van der Waals surface area contributed by atoms with Crippen LogP contribution in [0.2, 0.25) is 0 Å². The minimum Gasteiger partial charge on any atom is -0.479 e. The number of nitrogens with one attached hydrogen (secondary N) is 1. The van der Waals surface area contributed by atoms with Gasteiger partial charge in [0.1, 0.15) is 5.54 Å². The number of carboxylic acids is 1. The topological polar surface area (TPSA) is 86.3 Å². The standard InChI is InChI=1S/C15H17N3O3/c1-2-15(14(20)21)6-3-7-18(15)13(19)10-4-5-11-12(8-10)17-9-16-11/h4-5,8-9H,2-3,6-7H2,1H3,(H,16,17)(H,20,21). The monoisotopic (exact) mass is 287 g/mol. The van der Waals surface area contributed by atoms with Crippen LogP contribution in [0.4, 0.5) is 0 Å². The van der Waals surface area contributed by atoms with Crippen molar-refractivity contribution in [2.24, 2.45) is 0 Å². The summed E-state index contributed by atoms with van der Waals surface area (Å²) in [7, 11) is 0. The van der Waals surface area contributed by atoms with Crippen LogP contribution in [0, 0.1) is 0 Å². The van der Waals surface area contributed by atoms with Crippen LogP contribution in [0.25, 0.3) is 11.0 Å². The highest BCUT2D eigenvalue weighted by molar-refractivity contribution is 6.00. The molecule has 1 aromatic heterocycles. The first-order valence-corrected chi connectivity index (χ1v) is 7.07. The summed E-state index contributed by atoms with van der Waals surface area (Å²) in [5.41, 5.74) is 0.984. The highest BCUT2D eigenvalue weighted by atomic mass is 16.4. The fourth-order valence-electron chi connectivity index (χ4n) is 3.14. The van der Waals surface area contributed by atoms with E-state index in [0.29, 0.717) is 24.9 Å². The van der Waals surface area contributed by atoms with E-state index in [1.807, 2.05) is 6.92 Å². The van der Waals surface area contributed by atoms with Crippen molar-refractivity contribution < 1.29 is 14.7 Å². The zero-order valence-electron chi connectivity index (χ0n) is 11.8. The van der Waals surface area contributed by atoms with Crippen LogP contribution in [0.5, 0.6) is 0 Å². The lowest BCUT2D eigenvalue weighted by Crippen LogP contribution is -2.52. The van der Waals surface area contributed by atoms with E-state index in [9.17, 15) is 14.7 Å². The molecule has 2 aromatic rings. The number of likely N-dealkylation sites (tertiary alicyclic amines) is 1. The Morgan fingerprint density at radius 2 is 2.29 bits per heavy atom. The smallest absolute Gasteiger partial charge is 0.329 e. The molecule has 1 aliphatic rings. The summed E-state index contributed by atoms with van der Waals surface area (Å²) in [6.07, 6.45) is 3.22. The maximum atomic E-state index is 12.7. The van der Waals surface area contributed by atoms with Crippen molar-refractivity contribution in [2.75, 3.05) is 6.54 Å². The second-order valence-electron chi connectivity index (χ2n) is 5.39. The largest absolute Gasteiger partial charge is 0.479 e. The van der Waals surface area contributed by atoms with Gasteiger partial charge in [0, 0.05) is 12.1 Å². The number of H-pyrrole nitrogens is 1. The van der Waals surface area contributed by atoms with E-state index in [0.717, 1.165) is 17.5 Å². The van der Waals surface area contributed by atoms with Gasteiger partial charge in [-0.3, -0.25) is 4.79 Å². The average molecular weight is 287 g/mol. The lowest BCUT2D eigenvalue weighted by molar-refractivity contribution is -0.148. The van der Waals surface area contributed by atoms with Gasteiger partial charge >= 0.3 is 5.97 Å². The van der Waals surface area contributed by atoms with Gasteiger partial charge in [-0.25, -0.2) is 9.78 Å². The Balaban J connectivity index is 1.98. The molecule has 6 heteroatoms. The molecule has 0 radical (unpaired) electrons. The fourth-order valence-corrected chi connectivity index (χ4v) is 3.14. The van der Waals surface area contributed by atoms with Gasteiger partial charge < -0.3 is 15.0 Å². The molecule has 1 amide bonds. The number of aliphatic carboxylic acids is 1. The number of aromatic amines is 1. The normalized spacial score (nSPS) is 21.9. The molecule has 1 fully saturated rings. The van der Waals surface area contributed by atoms with Gasteiger partial charge in [0.15, 0.2) is 0 Å². The molecule has 0 bridgehead atoms. The van der Waals surface area contributed by atoms with Crippen molar-refractivity contribution in [3.63, 3.8) is 0 Å². The number of carbonyl (C=O) groups excluding carboxylic acids is 1. The molecule has 1 aromatic carbocycles. The van der Waals surface area contributed by atoms with Gasteiger partial charge in [0.2, 0.25) is 0 Å². The van der Waals surface area contributed by atoms with Crippen LogP contribution >= 0.6 is 0 Å². The minimum atomic E-state index is -1.07. The van der Waals surface area contributed by atoms with Gasteiger partial charge in [-0.05, 0) is 37.5 Å². The van der Waals surface area contributed by atoms with E-state index < -0.39 is 11.5 Å². The number of imidazole rings is 1. The number of rotatable bonds is 3. The Morgan fingerprint density at radius 1 is 1.48 bits per heavy atom. The fraction of sp³-hybridized carbons (Fsp3) is 0.400. The van der Waals surface area contributed by atoms with E-state index in [4.69, 9.17) is 0 Å². The van der Waals surface area contributed by atoms with Crippen LogP contribution in [0.15, 0.2) is 24.5 Å². The summed E-state index contributed by atoms with van der Waals surface area (Å²) < 4.78 is 0. The van der Waals surface area contributed by atoms with Gasteiger partial charge in [0.05, 0.1) is 17.4 Å². The number of hydrogen-bond acceptors (Lipinski definition) is 3. The molecule has 1 atom stereocenters. The summed E-state index contributed by atoms with van der Waals surface area (Å²) in [6, 6.07) is 5.20. The third kappa shape index (κ3) is 1.98. The second kappa shape index (κ2) is 4.87. The Kier molecular flexibility index (Phi) is 3.16. The van der Waals surface area contributed by atoms with Crippen LogP contribution in [-0.2, 0) is 4.79 Å². The summed E-state index contributed by atoms with van der Waals surface area (Å²) >= 11 is 0. The van der Waals surface area contributed by atoms with E-state index in [2.05, 4.69) is 9.97 Å². The first-order chi connectivity index (χ1) is 10.1. The summed E-state index contributed by atoms with van der Waals surface area (Å²) in [4.78, 5) is 33.0. The predicted octanol–water partition coefficient (Wildman–Crippen LogP) is 2.03. The minimum absolute atomic E-state index is 0.228. The molecule has 21 heavy (non-hydrogen) atoms. The first-order valence-electron chi connectivity index (χ1n) is 7.07. The van der Waals surface area contributed by atoms with E-state index in [1.54, 1.807) is 24.5 Å². The predicted molar refractivity (Wildman–Crippen MR) is 77.0 cm³/mol. The molecule has 3 rings (SSSR count). The molecule has 1 saturated heterocycles. The molecule has 0 saturated carbocycles. The zero-order chi connectivity index (χ0) is 15.0. The molecule has 1 aliphatic heterocycles. The van der Waals surface area contributed by atoms with Crippen LogP contribution in [0.1, 0.15) is 36.5 Å². The Hall–Kier alpha value is -2.37. The summed E-state index contributed by atoms with van der Waals surface area (Å²) in [5.74, 6) is -1.15. The lowest BCUT2D eigenvalue weighted by atomic mass is 9.92. The van der Waals surface area contributed by atoms with Crippen molar-refractivity contribution in [1.82, 2.24) is 14.9 Å². The highest BCUT2D eigenvalue weighted by Crippen LogP contribution is 2.34. The highest BCUT2D eigenvalue weighted by Gasteiger charge is 2.48. The number of carboxylic acid groups (broad SMARTS) is 1. The number of fused-ring (bicyclic) bond motifs is 1. The first kappa shape index (κ1) is 13.6. The molecule has 1 unspecified atom stereocenters. The van der Waals surface area contributed by atoms with Crippen LogP contribution in [0.3, 0.4) is 0 Å². The van der Waals surface area contributed by atoms with Gasteiger partial charge in [0.25, 0.3) is 5.91 Å². The van der Waals surface area contributed by atoms with Gasteiger partial charge in [-0.15, -0.1) is 0 Å². The quantitative estimate of drug-likeness (QED) is 0.904. The molecule has 0 spiro atoms. The third-order valence-electron chi connectivity index (χ3n) is 4.38. The van der Waals surface area contributed by atoms with Crippen molar-refractivity contribution in [2.45, 2.75) is 31.7 Å². The average Bonchev–Trinajstić information content (AvgIpc) is 3.12. The molecule has 0 aliphatic carbocycles. The Morgan fingerprint density at radius 3 is 3.00 bits per heavy atom. The van der Waals surface area contributed by atoms with Crippen LogP contribution in [-0.4, -0.2) is 43.9 Å². The molecule has 6 nitrogen and oxygen atoms in total. The molecule has 2 N–H and O–H groups in total. The number of hydrogen-bond donors (Lipinski definition) is 2. The van der Waals surface area contributed by atoms with E-state index in [-0.39, 0.29) is 5.91 Å². The molecular weight excluding hydrogens is 270 g/mol. The van der Waals surface area contributed by atoms with E-state index >= 15 is 0 Å². The maximum absolute atomic E-state index is 12.7. The number of aromatic nitrogens is 2. The van der Waals surface area contributed by atoms with Gasteiger partial charge in [-0.2, -0.15) is 0 Å². The summed E-state index contributed by atoms with van der Waals surface area (Å²) in [6.45, 7) is 2.30. The Labute approximate surface area is 121 Å². The number of carbonyl (C=O) groups is 2. The second-order valence-corrected chi connectivity index (χ2v) is 5.39. The molecular formula is C15H17N3O3. The summed E-state index contributed by atoms with van der Waals surface area (Å²) in [5, 5.41) is 9.56. The number of amides is 1. The SMILES string of the molecule is CCC1(C(=O)O)CCCN1C(=O)c1ccc2nc[nH]c2c1. The van der Waals surface area contributed by atoms with Crippen LogP contribution < -0.4 is 0 Å².